The average molecular weight is 184 g/mol. The van der Waals surface area contributed by atoms with Crippen LogP contribution < -0.4 is 5.73 Å². The highest BCUT2D eigenvalue weighted by molar-refractivity contribution is 4.60. The minimum absolute atomic E-state index is 0.837. The molecule has 0 aromatic rings. The van der Waals surface area contributed by atoms with E-state index < -0.39 is 0 Å². The summed E-state index contributed by atoms with van der Waals surface area (Å²) in [5, 5.41) is 0. The highest BCUT2D eigenvalue weighted by atomic mass is 15.1. The zero-order chi connectivity index (χ0) is 9.94. The smallest absolute Gasteiger partial charge is 0.00183 e. The van der Waals surface area contributed by atoms with Gasteiger partial charge < -0.3 is 10.6 Å². The minimum Gasteiger partial charge on any atom is -0.330 e. The Kier molecular flexibility index (Phi) is 9.94. The molecule has 0 saturated carbocycles. The summed E-state index contributed by atoms with van der Waals surface area (Å²) in [5.74, 6) is 0. The van der Waals surface area contributed by atoms with Gasteiger partial charge in [-0.1, -0.05) is 19.3 Å². The zero-order valence-corrected chi connectivity index (χ0v) is 8.80. The average Bonchev–Trinajstić information content (AvgIpc) is 2.17. The molecule has 2 radical (unpaired) electrons. The van der Waals surface area contributed by atoms with E-state index in [0.717, 1.165) is 26.2 Å². The van der Waals surface area contributed by atoms with Crippen molar-refractivity contribution in [2.45, 2.75) is 32.1 Å². The number of hydrogen-bond donors (Lipinski definition) is 1. The molecule has 0 amide bonds. The van der Waals surface area contributed by atoms with Crippen LogP contribution in [0.15, 0.2) is 0 Å². The Balaban J connectivity index is 3.05. The predicted molar refractivity (Wildman–Crippen MR) is 59.3 cm³/mol. The van der Waals surface area contributed by atoms with E-state index in [0.29, 0.717) is 0 Å². The van der Waals surface area contributed by atoms with Gasteiger partial charge in [0.2, 0.25) is 0 Å². The summed E-state index contributed by atoms with van der Waals surface area (Å²) in [7, 11) is 0. The highest BCUT2D eigenvalue weighted by Crippen LogP contribution is 2.03. The van der Waals surface area contributed by atoms with Crippen molar-refractivity contribution in [3.63, 3.8) is 0 Å². The van der Waals surface area contributed by atoms with E-state index in [1.165, 1.54) is 32.1 Å². The van der Waals surface area contributed by atoms with Crippen molar-refractivity contribution in [3.05, 3.63) is 13.8 Å². The molecular weight excluding hydrogens is 160 g/mol. The lowest BCUT2D eigenvalue weighted by molar-refractivity contribution is 0.321. The lowest BCUT2D eigenvalue weighted by Gasteiger charge is -2.17. The molecular formula is C11H24N2. The van der Waals surface area contributed by atoms with E-state index in [1.54, 1.807) is 0 Å². The maximum atomic E-state index is 5.41. The first kappa shape index (κ1) is 12.9. The summed E-state index contributed by atoms with van der Waals surface area (Å²) in [5.41, 5.74) is 5.41. The molecule has 0 rings (SSSR count). The van der Waals surface area contributed by atoms with Gasteiger partial charge in [-0.05, 0) is 52.9 Å². The Bertz CT molecular complexity index is 90.1. The Morgan fingerprint density at radius 3 is 1.92 bits per heavy atom. The van der Waals surface area contributed by atoms with Crippen molar-refractivity contribution in [1.82, 2.24) is 4.90 Å². The summed E-state index contributed by atoms with van der Waals surface area (Å²) in [6.07, 6.45) is 6.37. The van der Waals surface area contributed by atoms with Crippen LogP contribution in [-0.2, 0) is 0 Å². The van der Waals surface area contributed by atoms with Gasteiger partial charge in [-0.15, -0.1) is 0 Å². The van der Waals surface area contributed by atoms with E-state index in [9.17, 15) is 0 Å². The molecule has 0 unspecified atom stereocenters. The lowest BCUT2D eigenvalue weighted by atomic mass is 10.1. The largest absolute Gasteiger partial charge is 0.330 e. The van der Waals surface area contributed by atoms with Gasteiger partial charge in [0.05, 0.1) is 0 Å². The molecule has 0 aliphatic heterocycles. The highest BCUT2D eigenvalue weighted by Gasteiger charge is 1.97. The number of nitrogens with two attached hydrogens (primary N) is 1. The molecule has 0 heterocycles. The monoisotopic (exact) mass is 184 g/mol. The SMILES string of the molecule is [CH2]CN(C[CH2])CCCCCCCN. The summed E-state index contributed by atoms with van der Waals surface area (Å²) in [6.45, 7) is 11.5. The summed E-state index contributed by atoms with van der Waals surface area (Å²) >= 11 is 0. The van der Waals surface area contributed by atoms with E-state index in [1.807, 2.05) is 0 Å². The van der Waals surface area contributed by atoms with Crippen LogP contribution in [0, 0.1) is 13.8 Å². The van der Waals surface area contributed by atoms with Gasteiger partial charge in [0.1, 0.15) is 0 Å². The second-order valence-corrected chi connectivity index (χ2v) is 3.40. The van der Waals surface area contributed by atoms with Crippen LogP contribution in [0.25, 0.3) is 0 Å². The van der Waals surface area contributed by atoms with Gasteiger partial charge >= 0.3 is 0 Å². The molecule has 0 bridgehead atoms. The van der Waals surface area contributed by atoms with Crippen molar-refractivity contribution >= 4 is 0 Å². The van der Waals surface area contributed by atoms with E-state index in [4.69, 9.17) is 5.73 Å². The Morgan fingerprint density at radius 2 is 1.38 bits per heavy atom. The molecule has 78 valence electrons. The van der Waals surface area contributed by atoms with E-state index in [-0.39, 0.29) is 0 Å². The van der Waals surface area contributed by atoms with Crippen LogP contribution in [0.2, 0.25) is 0 Å². The topological polar surface area (TPSA) is 29.3 Å². The first-order valence-electron chi connectivity index (χ1n) is 5.36. The molecule has 0 aromatic heterocycles. The fourth-order valence-electron chi connectivity index (χ4n) is 1.35. The van der Waals surface area contributed by atoms with Gasteiger partial charge in [-0.3, -0.25) is 0 Å². The van der Waals surface area contributed by atoms with Gasteiger partial charge in [0.25, 0.3) is 0 Å². The molecule has 0 spiro atoms. The quantitative estimate of drug-likeness (QED) is 0.554. The first-order valence-corrected chi connectivity index (χ1v) is 5.36. The van der Waals surface area contributed by atoms with Gasteiger partial charge in [-0.25, -0.2) is 0 Å². The number of hydrogen-bond acceptors (Lipinski definition) is 2. The third-order valence-electron chi connectivity index (χ3n) is 2.31. The van der Waals surface area contributed by atoms with Crippen LogP contribution in [0.5, 0.6) is 0 Å². The maximum Gasteiger partial charge on any atom is -0.00183 e. The zero-order valence-electron chi connectivity index (χ0n) is 8.80. The Morgan fingerprint density at radius 1 is 0.846 bits per heavy atom. The van der Waals surface area contributed by atoms with E-state index >= 15 is 0 Å². The molecule has 0 aliphatic rings. The Labute approximate surface area is 83.5 Å². The van der Waals surface area contributed by atoms with Crippen molar-refractivity contribution in [3.8, 4) is 0 Å². The second kappa shape index (κ2) is 10.0. The normalized spacial score (nSPS) is 11.1. The van der Waals surface area contributed by atoms with Crippen molar-refractivity contribution in [2.24, 2.45) is 5.73 Å². The molecule has 0 aliphatic carbocycles. The lowest BCUT2D eigenvalue weighted by Crippen LogP contribution is -2.24. The fourth-order valence-corrected chi connectivity index (χ4v) is 1.35. The summed E-state index contributed by atoms with van der Waals surface area (Å²) in [4.78, 5) is 2.27. The molecule has 2 nitrogen and oxygen atoms in total. The van der Waals surface area contributed by atoms with Crippen LogP contribution in [0.4, 0.5) is 0 Å². The third-order valence-corrected chi connectivity index (χ3v) is 2.31. The molecule has 0 aromatic carbocycles. The van der Waals surface area contributed by atoms with Crippen LogP contribution in [0.3, 0.4) is 0 Å². The van der Waals surface area contributed by atoms with Crippen molar-refractivity contribution < 1.29 is 0 Å². The van der Waals surface area contributed by atoms with Gasteiger partial charge in [0, 0.05) is 0 Å². The second-order valence-electron chi connectivity index (χ2n) is 3.40. The molecule has 2 heteroatoms. The molecule has 0 atom stereocenters. The predicted octanol–water partition coefficient (Wildman–Crippen LogP) is 1.87. The first-order chi connectivity index (χ1) is 6.35. The minimum atomic E-state index is 0.837. The van der Waals surface area contributed by atoms with Crippen LogP contribution in [-0.4, -0.2) is 31.1 Å². The summed E-state index contributed by atoms with van der Waals surface area (Å²) < 4.78 is 0. The van der Waals surface area contributed by atoms with Crippen molar-refractivity contribution in [1.29, 1.82) is 0 Å². The van der Waals surface area contributed by atoms with Crippen LogP contribution >= 0.6 is 0 Å². The van der Waals surface area contributed by atoms with Crippen LogP contribution in [0.1, 0.15) is 32.1 Å². The standard InChI is InChI=1S/C11H24N2/c1-3-13(4-2)11-9-7-5-6-8-10-12/h1-12H2. The summed E-state index contributed by atoms with van der Waals surface area (Å²) in [6, 6.07) is 0. The van der Waals surface area contributed by atoms with Crippen molar-refractivity contribution in [2.75, 3.05) is 26.2 Å². The van der Waals surface area contributed by atoms with Gasteiger partial charge in [0.15, 0.2) is 0 Å². The number of rotatable bonds is 9. The van der Waals surface area contributed by atoms with E-state index in [2.05, 4.69) is 18.7 Å². The molecule has 0 fully saturated rings. The Hall–Kier alpha value is -0.0800. The fraction of sp³-hybridized carbons (Fsp3) is 0.818. The maximum absolute atomic E-state index is 5.41. The number of unbranched alkanes of at least 4 members (excludes halogenated alkanes) is 4. The molecule has 2 N–H and O–H groups in total. The van der Waals surface area contributed by atoms with Gasteiger partial charge in [-0.2, -0.15) is 0 Å². The number of nitrogens with zero attached hydrogens (tertiary/aromatic N) is 1. The third kappa shape index (κ3) is 8.26. The molecule has 0 saturated heterocycles. The molecule has 13 heavy (non-hydrogen) atoms.